The Morgan fingerprint density at radius 1 is 1.23 bits per heavy atom. The maximum Gasteiger partial charge on any atom is 0.416 e. The van der Waals surface area contributed by atoms with Gasteiger partial charge in [-0.3, -0.25) is 4.79 Å². The molecule has 0 spiro atoms. The Balaban J connectivity index is 0.000000314. The fraction of sp³-hybridized carbons (Fsp3) is 0.550. The van der Waals surface area contributed by atoms with E-state index in [1.54, 1.807) is 20.8 Å². The molecule has 7 nitrogen and oxygen atoms in total. The molecule has 1 aliphatic rings. The van der Waals surface area contributed by atoms with E-state index >= 15 is 0 Å². The number of alkyl halides is 3. The van der Waals surface area contributed by atoms with Crippen molar-refractivity contribution in [3.8, 4) is 6.07 Å². The molecule has 1 atom stereocenters. The SMILES string of the molecule is CC(NC(=O)OC(C)(C)C)C(N)=O.N#Cc1ccc(C(F)(F)F)cc1N1CCCC1. The lowest BCUT2D eigenvalue weighted by atomic mass is 10.1. The van der Waals surface area contributed by atoms with Gasteiger partial charge in [0, 0.05) is 13.1 Å². The first-order valence-electron chi connectivity index (χ1n) is 9.39. The number of nitrogens with zero attached hydrogens (tertiary/aromatic N) is 2. The Bertz CT molecular complexity index is 792. The summed E-state index contributed by atoms with van der Waals surface area (Å²) in [6, 6.07) is 4.51. The average Bonchev–Trinajstić information content (AvgIpc) is 3.13. The number of primary amides is 1. The molecular weight excluding hydrogens is 401 g/mol. The molecule has 1 aliphatic heterocycles. The molecule has 166 valence electrons. The summed E-state index contributed by atoms with van der Waals surface area (Å²) < 4.78 is 42.7. The maximum absolute atomic E-state index is 12.6. The van der Waals surface area contributed by atoms with Crippen LogP contribution < -0.4 is 16.0 Å². The van der Waals surface area contributed by atoms with Crippen molar-refractivity contribution < 1.29 is 27.5 Å². The zero-order chi connectivity index (χ0) is 23.1. The lowest BCUT2D eigenvalue weighted by Crippen LogP contribution is -2.44. The quantitative estimate of drug-likeness (QED) is 0.765. The molecule has 1 unspecified atom stereocenters. The van der Waals surface area contributed by atoms with Gasteiger partial charge in [-0.05, 0) is 58.7 Å². The molecule has 0 saturated carbocycles. The number of carbonyl (C=O) groups excluding carboxylic acids is 2. The van der Waals surface area contributed by atoms with Crippen LogP contribution in [0.4, 0.5) is 23.7 Å². The number of nitriles is 1. The number of carbonyl (C=O) groups is 2. The van der Waals surface area contributed by atoms with Gasteiger partial charge in [-0.25, -0.2) is 4.79 Å². The summed E-state index contributed by atoms with van der Waals surface area (Å²) in [6.07, 6.45) is -3.08. The van der Waals surface area contributed by atoms with Crippen LogP contribution in [0.3, 0.4) is 0 Å². The van der Waals surface area contributed by atoms with Gasteiger partial charge in [-0.1, -0.05) is 0 Å². The topological polar surface area (TPSA) is 108 Å². The predicted octanol–water partition coefficient (Wildman–Crippen LogP) is 3.56. The maximum atomic E-state index is 12.6. The molecule has 0 aromatic heterocycles. The van der Waals surface area contributed by atoms with Crippen LogP contribution in [0.2, 0.25) is 0 Å². The van der Waals surface area contributed by atoms with Crippen molar-refractivity contribution in [2.45, 2.75) is 58.4 Å². The van der Waals surface area contributed by atoms with Gasteiger partial charge in [0.1, 0.15) is 17.7 Å². The average molecular weight is 428 g/mol. The van der Waals surface area contributed by atoms with Crippen LogP contribution in [-0.4, -0.2) is 36.7 Å². The smallest absolute Gasteiger partial charge is 0.416 e. The summed E-state index contributed by atoms with van der Waals surface area (Å²) >= 11 is 0. The van der Waals surface area contributed by atoms with Gasteiger partial charge in [-0.2, -0.15) is 18.4 Å². The molecule has 10 heteroatoms. The Labute approximate surface area is 174 Å². The van der Waals surface area contributed by atoms with Crippen molar-refractivity contribution in [3.63, 3.8) is 0 Å². The van der Waals surface area contributed by atoms with Crippen molar-refractivity contribution in [2.75, 3.05) is 18.0 Å². The van der Waals surface area contributed by atoms with Crippen molar-refractivity contribution >= 4 is 17.7 Å². The predicted molar refractivity (Wildman–Crippen MR) is 106 cm³/mol. The third-order valence-electron chi connectivity index (χ3n) is 4.05. The van der Waals surface area contributed by atoms with E-state index in [4.69, 9.17) is 15.7 Å². The molecule has 0 aliphatic carbocycles. The first-order valence-corrected chi connectivity index (χ1v) is 9.39. The molecule has 1 fully saturated rings. The summed E-state index contributed by atoms with van der Waals surface area (Å²) in [4.78, 5) is 23.4. The second-order valence-corrected chi connectivity index (χ2v) is 7.81. The molecule has 1 saturated heterocycles. The number of benzene rings is 1. The highest BCUT2D eigenvalue weighted by Gasteiger charge is 2.32. The van der Waals surface area contributed by atoms with E-state index in [0.717, 1.165) is 38.1 Å². The number of hydrogen-bond acceptors (Lipinski definition) is 5. The molecule has 2 rings (SSSR count). The van der Waals surface area contributed by atoms with Crippen molar-refractivity contribution in [1.82, 2.24) is 5.32 Å². The van der Waals surface area contributed by atoms with Crippen molar-refractivity contribution in [1.29, 1.82) is 5.26 Å². The molecule has 1 heterocycles. The fourth-order valence-corrected chi connectivity index (χ4v) is 2.58. The van der Waals surface area contributed by atoms with Crippen LogP contribution in [-0.2, 0) is 15.7 Å². The molecule has 30 heavy (non-hydrogen) atoms. The third-order valence-corrected chi connectivity index (χ3v) is 4.05. The Kier molecular flexibility index (Phi) is 8.51. The third kappa shape index (κ3) is 8.19. The summed E-state index contributed by atoms with van der Waals surface area (Å²) in [5.74, 6) is -0.592. The van der Waals surface area contributed by atoms with Crippen molar-refractivity contribution in [2.24, 2.45) is 5.73 Å². The van der Waals surface area contributed by atoms with Gasteiger partial charge in [0.2, 0.25) is 5.91 Å². The highest BCUT2D eigenvalue weighted by molar-refractivity contribution is 5.83. The van der Waals surface area contributed by atoms with Crippen molar-refractivity contribution in [3.05, 3.63) is 29.3 Å². The highest BCUT2D eigenvalue weighted by atomic mass is 19.4. The monoisotopic (exact) mass is 428 g/mol. The van der Waals surface area contributed by atoms with Crippen LogP contribution in [0, 0.1) is 11.3 Å². The highest BCUT2D eigenvalue weighted by Crippen LogP contribution is 2.34. The van der Waals surface area contributed by atoms with E-state index in [-0.39, 0.29) is 0 Å². The number of hydrogen-bond donors (Lipinski definition) is 2. The van der Waals surface area contributed by atoms with E-state index < -0.39 is 35.4 Å². The van der Waals surface area contributed by atoms with Gasteiger partial charge in [0.05, 0.1) is 16.8 Å². The molecule has 1 aromatic carbocycles. The van der Waals surface area contributed by atoms with Gasteiger partial charge in [-0.15, -0.1) is 0 Å². The van der Waals surface area contributed by atoms with Gasteiger partial charge >= 0.3 is 12.3 Å². The second kappa shape index (κ2) is 10.2. The van der Waals surface area contributed by atoms with Gasteiger partial charge < -0.3 is 20.7 Å². The van der Waals surface area contributed by atoms with Crippen LogP contribution in [0.5, 0.6) is 0 Å². The molecule has 0 radical (unpaired) electrons. The lowest BCUT2D eigenvalue weighted by Gasteiger charge is -2.20. The first-order chi connectivity index (χ1) is 13.7. The minimum Gasteiger partial charge on any atom is -0.444 e. The summed E-state index contributed by atoms with van der Waals surface area (Å²) in [5, 5.41) is 11.2. The Morgan fingerprint density at radius 2 is 1.80 bits per heavy atom. The van der Waals surface area contributed by atoms with E-state index in [0.29, 0.717) is 11.3 Å². The van der Waals surface area contributed by atoms with Gasteiger partial charge in [0.25, 0.3) is 0 Å². The largest absolute Gasteiger partial charge is 0.444 e. The normalized spacial score (nSPS) is 14.8. The summed E-state index contributed by atoms with van der Waals surface area (Å²) in [6.45, 7) is 8.14. The van der Waals surface area contributed by atoms with E-state index in [1.807, 2.05) is 11.0 Å². The molecular formula is C20H27F3N4O3. The zero-order valence-corrected chi connectivity index (χ0v) is 17.5. The van der Waals surface area contributed by atoms with Crippen LogP contribution in [0.25, 0.3) is 0 Å². The number of alkyl carbamates (subject to hydrolysis) is 1. The van der Waals surface area contributed by atoms with E-state index in [2.05, 4.69) is 5.32 Å². The first kappa shape index (κ1) is 25.1. The van der Waals surface area contributed by atoms with Gasteiger partial charge in [0.15, 0.2) is 0 Å². The zero-order valence-electron chi connectivity index (χ0n) is 17.5. The summed E-state index contributed by atoms with van der Waals surface area (Å²) in [5.41, 5.74) is 4.38. The van der Waals surface area contributed by atoms with Crippen LogP contribution in [0.15, 0.2) is 18.2 Å². The number of nitrogens with one attached hydrogen (secondary N) is 1. The number of nitrogens with two attached hydrogens (primary N) is 1. The lowest BCUT2D eigenvalue weighted by molar-refractivity contribution is -0.137. The van der Waals surface area contributed by atoms with Crippen LogP contribution >= 0.6 is 0 Å². The minimum absolute atomic E-state index is 0.305. The second-order valence-electron chi connectivity index (χ2n) is 7.81. The number of rotatable bonds is 3. The number of halogens is 3. The standard InChI is InChI=1S/C12H11F3N2.C8H16N2O3/c13-12(14,15)10-4-3-9(8-16)11(7-10)17-5-1-2-6-17;1-5(6(9)11)10-7(12)13-8(2,3)4/h3-4,7H,1-2,5-6H2;5H,1-4H3,(H2,9,11)(H,10,12). The molecule has 1 aromatic rings. The molecule has 3 N–H and O–H groups in total. The number of anilines is 1. The summed E-state index contributed by atoms with van der Waals surface area (Å²) in [7, 11) is 0. The Hall–Kier alpha value is -2.96. The van der Waals surface area contributed by atoms with E-state index in [9.17, 15) is 22.8 Å². The minimum atomic E-state index is -4.36. The number of amides is 2. The van der Waals surface area contributed by atoms with E-state index in [1.165, 1.54) is 13.0 Å². The number of ether oxygens (including phenoxy) is 1. The fourth-order valence-electron chi connectivity index (χ4n) is 2.58. The molecule has 0 bridgehead atoms. The Morgan fingerprint density at radius 3 is 2.23 bits per heavy atom. The molecule has 2 amide bonds. The van der Waals surface area contributed by atoms with Crippen LogP contribution in [0.1, 0.15) is 51.7 Å².